The van der Waals surface area contributed by atoms with Crippen LogP contribution in [0, 0.1) is 5.92 Å². The minimum atomic E-state index is 0.359. The van der Waals surface area contributed by atoms with Gasteiger partial charge in [0, 0.05) is 56.9 Å². The Bertz CT molecular complexity index is 712. The zero-order valence-corrected chi connectivity index (χ0v) is 16.6. The van der Waals surface area contributed by atoms with Crippen LogP contribution in [0.3, 0.4) is 0 Å². The lowest BCUT2D eigenvalue weighted by Gasteiger charge is -2.27. The Balaban J connectivity index is 1.40. The molecule has 28 heavy (non-hydrogen) atoms. The summed E-state index contributed by atoms with van der Waals surface area (Å²) >= 11 is 0. The van der Waals surface area contributed by atoms with Gasteiger partial charge < -0.3 is 15.0 Å². The molecule has 8 nitrogen and oxygen atoms in total. The molecule has 3 aliphatic rings. The highest BCUT2D eigenvalue weighted by Crippen LogP contribution is 2.32. The highest BCUT2D eigenvalue weighted by Gasteiger charge is 2.36. The summed E-state index contributed by atoms with van der Waals surface area (Å²) in [6, 6.07) is 0.359. The number of nitrogens with one attached hydrogen (secondary N) is 1. The van der Waals surface area contributed by atoms with Gasteiger partial charge >= 0.3 is 0 Å². The van der Waals surface area contributed by atoms with E-state index in [1.807, 2.05) is 16.8 Å². The van der Waals surface area contributed by atoms with Gasteiger partial charge in [-0.1, -0.05) is 12.2 Å². The van der Waals surface area contributed by atoms with Crippen LogP contribution in [-0.4, -0.2) is 83.9 Å². The number of aliphatic imine (C=N–C) groups is 1. The molecule has 0 amide bonds. The first-order chi connectivity index (χ1) is 13.8. The number of morpholine rings is 1. The van der Waals surface area contributed by atoms with Crippen LogP contribution in [0.25, 0.3) is 0 Å². The van der Waals surface area contributed by atoms with Gasteiger partial charge in [-0.3, -0.25) is 4.90 Å². The van der Waals surface area contributed by atoms with Gasteiger partial charge in [0.25, 0.3) is 0 Å². The standard InChI is InChI=1S/C20H31N7O/c1-3-8-26(9-4-2)20-23-19-22-18-16(15-27(19)24-20)5-6-17(18)21-7-10-25-11-13-28-14-12-25/h3-4,16-17,21H,1-2,5-15H2. The van der Waals surface area contributed by atoms with E-state index in [1.165, 1.54) is 5.71 Å². The van der Waals surface area contributed by atoms with Crippen LogP contribution in [-0.2, 0) is 11.3 Å². The Labute approximate surface area is 167 Å². The molecule has 0 aromatic carbocycles. The quantitative estimate of drug-likeness (QED) is 0.645. The molecule has 152 valence electrons. The lowest BCUT2D eigenvalue weighted by Crippen LogP contribution is -2.44. The Morgan fingerprint density at radius 2 is 1.96 bits per heavy atom. The number of anilines is 1. The first-order valence-electron chi connectivity index (χ1n) is 10.3. The van der Waals surface area contributed by atoms with E-state index in [0.29, 0.717) is 31.0 Å². The minimum Gasteiger partial charge on any atom is -0.379 e. The van der Waals surface area contributed by atoms with Crippen molar-refractivity contribution in [2.75, 3.05) is 57.4 Å². The zero-order chi connectivity index (χ0) is 19.3. The Morgan fingerprint density at radius 3 is 2.71 bits per heavy atom. The third kappa shape index (κ3) is 4.19. The topological polar surface area (TPSA) is 70.8 Å². The van der Waals surface area contributed by atoms with Gasteiger partial charge in [-0.05, 0) is 12.8 Å². The van der Waals surface area contributed by atoms with Crippen LogP contribution >= 0.6 is 0 Å². The third-order valence-electron chi connectivity index (χ3n) is 5.75. The molecule has 1 aromatic rings. The molecule has 0 radical (unpaired) electrons. The number of aromatic nitrogens is 3. The van der Waals surface area contributed by atoms with Gasteiger partial charge in [0.15, 0.2) is 0 Å². The molecule has 1 saturated heterocycles. The van der Waals surface area contributed by atoms with Crippen molar-refractivity contribution in [3.8, 4) is 0 Å². The maximum atomic E-state index is 5.42. The van der Waals surface area contributed by atoms with Crippen molar-refractivity contribution in [2.45, 2.75) is 25.4 Å². The average Bonchev–Trinajstić information content (AvgIpc) is 3.30. The van der Waals surface area contributed by atoms with E-state index in [9.17, 15) is 0 Å². The van der Waals surface area contributed by atoms with Crippen LogP contribution in [0.2, 0.25) is 0 Å². The molecule has 1 aromatic heterocycles. The van der Waals surface area contributed by atoms with E-state index in [2.05, 4.69) is 38.4 Å². The molecule has 4 rings (SSSR count). The summed E-state index contributed by atoms with van der Waals surface area (Å²) in [7, 11) is 0. The summed E-state index contributed by atoms with van der Waals surface area (Å²) in [5.74, 6) is 1.90. The fraction of sp³-hybridized carbons (Fsp3) is 0.650. The van der Waals surface area contributed by atoms with Gasteiger partial charge in [0.1, 0.15) is 0 Å². The van der Waals surface area contributed by atoms with E-state index < -0.39 is 0 Å². The zero-order valence-electron chi connectivity index (χ0n) is 16.6. The molecule has 8 heteroatoms. The van der Waals surface area contributed by atoms with E-state index in [0.717, 1.165) is 64.7 Å². The van der Waals surface area contributed by atoms with E-state index in [-0.39, 0.29) is 0 Å². The lowest BCUT2D eigenvalue weighted by atomic mass is 10.0. The predicted octanol–water partition coefficient (Wildman–Crippen LogP) is 1.24. The Morgan fingerprint density at radius 1 is 1.18 bits per heavy atom. The second-order valence-corrected chi connectivity index (χ2v) is 7.65. The lowest BCUT2D eigenvalue weighted by molar-refractivity contribution is 0.0383. The number of hydrogen-bond acceptors (Lipinski definition) is 7. The molecule has 2 atom stereocenters. The van der Waals surface area contributed by atoms with Crippen LogP contribution in [0.15, 0.2) is 30.3 Å². The smallest absolute Gasteiger partial charge is 0.249 e. The second kappa shape index (κ2) is 8.98. The van der Waals surface area contributed by atoms with E-state index in [4.69, 9.17) is 9.73 Å². The van der Waals surface area contributed by atoms with Crippen LogP contribution < -0.4 is 10.2 Å². The number of fused-ring (bicyclic) bond motifs is 2. The van der Waals surface area contributed by atoms with Gasteiger partial charge in [-0.2, -0.15) is 4.98 Å². The van der Waals surface area contributed by atoms with Crippen molar-refractivity contribution in [1.29, 1.82) is 0 Å². The molecule has 0 spiro atoms. The molecule has 2 aliphatic heterocycles. The molecular formula is C20H31N7O. The fourth-order valence-corrected chi connectivity index (χ4v) is 4.27. The SMILES string of the molecule is C=CCN(CC=C)c1nc2n(n1)CC1CCC(NCCN3CCOCC3)C1=N2. The first-order valence-corrected chi connectivity index (χ1v) is 10.3. The number of nitrogens with zero attached hydrogens (tertiary/aromatic N) is 6. The van der Waals surface area contributed by atoms with E-state index in [1.54, 1.807) is 0 Å². The average molecular weight is 386 g/mol. The number of rotatable bonds is 9. The van der Waals surface area contributed by atoms with Crippen molar-refractivity contribution in [1.82, 2.24) is 25.0 Å². The maximum absolute atomic E-state index is 5.42. The number of hydrogen-bond donors (Lipinski definition) is 1. The third-order valence-corrected chi connectivity index (χ3v) is 5.75. The monoisotopic (exact) mass is 385 g/mol. The van der Waals surface area contributed by atoms with Gasteiger partial charge in [0.05, 0.1) is 19.8 Å². The van der Waals surface area contributed by atoms with Crippen LogP contribution in [0.1, 0.15) is 12.8 Å². The van der Waals surface area contributed by atoms with Crippen molar-refractivity contribution in [2.24, 2.45) is 10.9 Å². The molecule has 3 heterocycles. The Hall–Kier alpha value is -2.03. The molecule has 1 saturated carbocycles. The van der Waals surface area contributed by atoms with Gasteiger partial charge in [-0.15, -0.1) is 18.3 Å². The summed E-state index contributed by atoms with van der Waals surface area (Å²) in [6.45, 7) is 15.7. The summed E-state index contributed by atoms with van der Waals surface area (Å²) in [5.41, 5.74) is 1.26. The molecule has 0 bridgehead atoms. The van der Waals surface area contributed by atoms with E-state index >= 15 is 0 Å². The van der Waals surface area contributed by atoms with Crippen molar-refractivity contribution < 1.29 is 4.74 Å². The molecule has 2 unspecified atom stereocenters. The van der Waals surface area contributed by atoms with Crippen molar-refractivity contribution in [3.63, 3.8) is 0 Å². The Kier molecular flexibility index (Phi) is 6.19. The first kappa shape index (κ1) is 19.3. The van der Waals surface area contributed by atoms with Gasteiger partial charge in [-0.25, -0.2) is 9.67 Å². The normalized spacial score (nSPS) is 24.4. The highest BCUT2D eigenvalue weighted by molar-refractivity contribution is 5.95. The largest absolute Gasteiger partial charge is 0.379 e. The van der Waals surface area contributed by atoms with Crippen LogP contribution in [0.4, 0.5) is 11.9 Å². The predicted molar refractivity (Wildman–Crippen MR) is 111 cm³/mol. The highest BCUT2D eigenvalue weighted by atomic mass is 16.5. The van der Waals surface area contributed by atoms with Crippen LogP contribution in [0.5, 0.6) is 0 Å². The number of ether oxygens (including phenoxy) is 1. The minimum absolute atomic E-state index is 0.359. The molecule has 1 aliphatic carbocycles. The van der Waals surface area contributed by atoms with Crippen molar-refractivity contribution >= 4 is 17.6 Å². The summed E-state index contributed by atoms with van der Waals surface area (Å²) in [4.78, 5) is 14.1. The summed E-state index contributed by atoms with van der Waals surface area (Å²) < 4.78 is 7.38. The summed E-state index contributed by atoms with van der Waals surface area (Å²) in [6.07, 6.45) is 6.02. The molecule has 2 fully saturated rings. The molecule has 1 N–H and O–H groups in total. The second-order valence-electron chi connectivity index (χ2n) is 7.65. The van der Waals surface area contributed by atoms with Crippen molar-refractivity contribution in [3.05, 3.63) is 25.3 Å². The molecular weight excluding hydrogens is 354 g/mol. The maximum Gasteiger partial charge on any atom is 0.249 e. The fourth-order valence-electron chi connectivity index (χ4n) is 4.27. The summed E-state index contributed by atoms with van der Waals surface area (Å²) in [5, 5.41) is 8.41. The van der Waals surface area contributed by atoms with Gasteiger partial charge in [0.2, 0.25) is 11.9 Å².